The minimum Gasteiger partial charge on any atom is -0.351 e. The van der Waals surface area contributed by atoms with Gasteiger partial charge in [-0.2, -0.15) is 0 Å². The highest BCUT2D eigenvalue weighted by atomic mass is 16.2. The number of carbonyl (C=O) groups excluding carboxylic acids is 1. The number of amides is 1. The second kappa shape index (κ2) is 7.28. The Bertz CT molecular complexity index is 548. The molecule has 3 heteroatoms. The molecule has 2 rings (SSSR count). The van der Waals surface area contributed by atoms with Crippen LogP contribution < -0.4 is 11.1 Å². The van der Waals surface area contributed by atoms with Gasteiger partial charge in [-0.25, -0.2) is 0 Å². The van der Waals surface area contributed by atoms with Crippen molar-refractivity contribution in [1.29, 1.82) is 0 Å². The van der Waals surface area contributed by atoms with Gasteiger partial charge in [0, 0.05) is 17.5 Å². The molecular formula is C18H24N2O. The molecule has 0 unspecified atom stereocenters. The van der Waals surface area contributed by atoms with E-state index in [1.54, 1.807) is 0 Å². The molecule has 112 valence electrons. The average Bonchev–Trinajstić information content (AvgIpc) is 3.01. The molecule has 0 spiro atoms. The Kier molecular flexibility index (Phi) is 5.41. The summed E-state index contributed by atoms with van der Waals surface area (Å²) in [4.78, 5) is 12.5. The number of hydrogen-bond donors (Lipinski definition) is 2. The molecule has 1 aromatic rings. The van der Waals surface area contributed by atoms with Crippen LogP contribution in [0.15, 0.2) is 24.3 Å². The van der Waals surface area contributed by atoms with Gasteiger partial charge in [0.2, 0.25) is 5.91 Å². The van der Waals surface area contributed by atoms with Gasteiger partial charge in [0.15, 0.2) is 0 Å². The average molecular weight is 284 g/mol. The quantitative estimate of drug-likeness (QED) is 0.835. The second-order valence-electron chi connectivity index (χ2n) is 5.69. The van der Waals surface area contributed by atoms with Crippen LogP contribution in [0, 0.1) is 17.3 Å². The standard InChI is InChI=1S/C18H24N2O/c1-2-18(11-5-6-12-18)17(21)20-14-16-9-4-3-8-15(16)10-7-13-19/h3-4,8-9H,2,5-6,11-14,19H2,1H3,(H,20,21). The van der Waals surface area contributed by atoms with E-state index < -0.39 is 0 Å². The molecule has 1 amide bonds. The summed E-state index contributed by atoms with van der Waals surface area (Å²) in [7, 11) is 0. The molecule has 0 bridgehead atoms. The number of rotatable bonds is 4. The minimum absolute atomic E-state index is 0.141. The van der Waals surface area contributed by atoms with Gasteiger partial charge in [-0.05, 0) is 30.9 Å². The van der Waals surface area contributed by atoms with Gasteiger partial charge in [-0.1, -0.05) is 49.8 Å². The Labute approximate surface area is 127 Å². The van der Waals surface area contributed by atoms with Crippen LogP contribution in [0.1, 0.15) is 50.2 Å². The summed E-state index contributed by atoms with van der Waals surface area (Å²) in [6.07, 6.45) is 5.29. The SMILES string of the molecule is CCC1(C(=O)NCc2ccccc2C#CCN)CCCC1. The maximum Gasteiger partial charge on any atom is 0.226 e. The van der Waals surface area contributed by atoms with E-state index in [0.717, 1.165) is 30.4 Å². The van der Waals surface area contributed by atoms with Crippen LogP contribution in [0.2, 0.25) is 0 Å². The third kappa shape index (κ3) is 3.65. The lowest BCUT2D eigenvalue weighted by atomic mass is 9.82. The first kappa shape index (κ1) is 15.6. The summed E-state index contributed by atoms with van der Waals surface area (Å²) in [5.41, 5.74) is 7.28. The largest absolute Gasteiger partial charge is 0.351 e. The van der Waals surface area contributed by atoms with E-state index in [2.05, 4.69) is 24.1 Å². The molecule has 0 saturated heterocycles. The van der Waals surface area contributed by atoms with E-state index in [1.165, 1.54) is 12.8 Å². The van der Waals surface area contributed by atoms with Crippen LogP contribution in [0.3, 0.4) is 0 Å². The van der Waals surface area contributed by atoms with E-state index >= 15 is 0 Å². The molecule has 1 aliphatic carbocycles. The fourth-order valence-electron chi connectivity index (χ4n) is 3.10. The highest BCUT2D eigenvalue weighted by Gasteiger charge is 2.38. The Morgan fingerprint density at radius 2 is 2.05 bits per heavy atom. The maximum atomic E-state index is 12.5. The molecule has 3 nitrogen and oxygen atoms in total. The highest BCUT2D eigenvalue weighted by molar-refractivity contribution is 5.82. The van der Waals surface area contributed by atoms with Gasteiger partial charge < -0.3 is 11.1 Å². The zero-order chi connectivity index (χ0) is 15.1. The van der Waals surface area contributed by atoms with Crippen LogP contribution in [-0.2, 0) is 11.3 Å². The van der Waals surface area contributed by atoms with E-state index in [9.17, 15) is 4.79 Å². The van der Waals surface area contributed by atoms with Crippen LogP contribution in [0.4, 0.5) is 0 Å². The van der Waals surface area contributed by atoms with Gasteiger partial charge in [0.05, 0.1) is 6.54 Å². The Balaban J connectivity index is 2.04. The number of carbonyl (C=O) groups is 1. The number of nitrogens with two attached hydrogens (primary N) is 1. The molecule has 0 aromatic heterocycles. The summed E-state index contributed by atoms with van der Waals surface area (Å²) < 4.78 is 0. The zero-order valence-corrected chi connectivity index (χ0v) is 12.7. The molecule has 0 heterocycles. The fraction of sp³-hybridized carbons (Fsp3) is 0.500. The molecule has 0 radical (unpaired) electrons. The fourth-order valence-corrected chi connectivity index (χ4v) is 3.10. The summed E-state index contributed by atoms with van der Waals surface area (Å²) >= 11 is 0. The van der Waals surface area contributed by atoms with Gasteiger partial charge in [0.1, 0.15) is 0 Å². The summed E-state index contributed by atoms with van der Waals surface area (Å²) in [5, 5.41) is 3.11. The minimum atomic E-state index is -0.141. The van der Waals surface area contributed by atoms with Crippen molar-refractivity contribution >= 4 is 5.91 Å². The zero-order valence-electron chi connectivity index (χ0n) is 12.7. The first-order valence-corrected chi connectivity index (χ1v) is 7.77. The third-order valence-electron chi connectivity index (χ3n) is 4.50. The molecule has 1 fully saturated rings. The van der Waals surface area contributed by atoms with E-state index in [0.29, 0.717) is 13.1 Å². The first-order valence-electron chi connectivity index (χ1n) is 7.77. The van der Waals surface area contributed by atoms with E-state index in [1.807, 2.05) is 24.3 Å². The number of nitrogens with one attached hydrogen (secondary N) is 1. The van der Waals surface area contributed by atoms with Crippen molar-refractivity contribution in [3.05, 3.63) is 35.4 Å². The van der Waals surface area contributed by atoms with Gasteiger partial charge in [-0.15, -0.1) is 0 Å². The number of benzene rings is 1. The van der Waals surface area contributed by atoms with Crippen LogP contribution in [0.5, 0.6) is 0 Å². The van der Waals surface area contributed by atoms with Gasteiger partial charge in [-0.3, -0.25) is 4.79 Å². The van der Waals surface area contributed by atoms with E-state index in [-0.39, 0.29) is 11.3 Å². The lowest BCUT2D eigenvalue weighted by Crippen LogP contribution is -2.38. The van der Waals surface area contributed by atoms with Crippen LogP contribution >= 0.6 is 0 Å². The van der Waals surface area contributed by atoms with Crippen molar-refractivity contribution in [3.8, 4) is 11.8 Å². The van der Waals surface area contributed by atoms with Crippen LogP contribution in [0.25, 0.3) is 0 Å². The topological polar surface area (TPSA) is 55.1 Å². The molecular weight excluding hydrogens is 260 g/mol. The summed E-state index contributed by atoms with van der Waals surface area (Å²) in [6, 6.07) is 7.90. The smallest absolute Gasteiger partial charge is 0.226 e. The van der Waals surface area contributed by atoms with Crippen molar-refractivity contribution in [1.82, 2.24) is 5.32 Å². The first-order chi connectivity index (χ1) is 10.2. The lowest BCUT2D eigenvalue weighted by Gasteiger charge is -2.26. The predicted octanol–water partition coefficient (Wildman–Crippen LogP) is 2.58. The normalized spacial score (nSPS) is 16.1. The van der Waals surface area contributed by atoms with Crippen LogP contribution in [-0.4, -0.2) is 12.5 Å². The lowest BCUT2D eigenvalue weighted by molar-refractivity contribution is -0.131. The maximum absolute atomic E-state index is 12.5. The molecule has 3 N–H and O–H groups in total. The molecule has 0 aliphatic heterocycles. The van der Waals surface area contributed by atoms with E-state index in [4.69, 9.17) is 5.73 Å². The highest BCUT2D eigenvalue weighted by Crippen LogP contribution is 2.41. The Morgan fingerprint density at radius 1 is 1.33 bits per heavy atom. The molecule has 1 aliphatic rings. The van der Waals surface area contributed by atoms with Gasteiger partial charge >= 0.3 is 0 Å². The third-order valence-corrected chi connectivity index (χ3v) is 4.50. The monoisotopic (exact) mass is 284 g/mol. The summed E-state index contributed by atoms with van der Waals surface area (Å²) in [5.74, 6) is 6.13. The molecule has 1 aromatic carbocycles. The Hall–Kier alpha value is -1.79. The Morgan fingerprint density at radius 3 is 2.71 bits per heavy atom. The van der Waals surface area contributed by atoms with Crippen molar-refractivity contribution in [2.24, 2.45) is 11.1 Å². The molecule has 1 saturated carbocycles. The number of hydrogen-bond acceptors (Lipinski definition) is 2. The van der Waals surface area contributed by atoms with Crippen molar-refractivity contribution in [3.63, 3.8) is 0 Å². The second-order valence-corrected chi connectivity index (χ2v) is 5.69. The van der Waals surface area contributed by atoms with Crippen molar-refractivity contribution < 1.29 is 4.79 Å². The molecule has 0 atom stereocenters. The predicted molar refractivity (Wildman–Crippen MR) is 85.4 cm³/mol. The van der Waals surface area contributed by atoms with Crippen molar-refractivity contribution in [2.75, 3.05) is 6.54 Å². The molecule has 21 heavy (non-hydrogen) atoms. The van der Waals surface area contributed by atoms with Gasteiger partial charge in [0.25, 0.3) is 0 Å². The van der Waals surface area contributed by atoms with Crippen molar-refractivity contribution in [2.45, 2.75) is 45.6 Å². The summed E-state index contributed by atoms with van der Waals surface area (Å²) in [6.45, 7) is 3.00.